The summed E-state index contributed by atoms with van der Waals surface area (Å²) in [4.78, 5) is 0. The number of hydrogen-bond acceptors (Lipinski definition) is 4. The van der Waals surface area contributed by atoms with Crippen LogP contribution in [0.1, 0.15) is 24.3 Å². The molecule has 0 spiro atoms. The molecule has 2 aromatic rings. The first-order valence-electron chi connectivity index (χ1n) is 6.74. The van der Waals surface area contributed by atoms with Crippen LogP contribution in [0, 0.1) is 5.82 Å². The lowest BCUT2D eigenvalue weighted by molar-refractivity contribution is 0.631. The highest BCUT2D eigenvalue weighted by atomic mass is 35.5. The Balaban J connectivity index is 1.63. The van der Waals surface area contributed by atoms with E-state index in [1.807, 2.05) is 0 Å². The van der Waals surface area contributed by atoms with Gasteiger partial charge in [-0.1, -0.05) is 29.0 Å². The van der Waals surface area contributed by atoms with Crippen LogP contribution in [0.25, 0.3) is 10.6 Å². The van der Waals surface area contributed by atoms with Crippen molar-refractivity contribution >= 4 is 22.9 Å². The monoisotopic (exact) mass is 311 g/mol. The van der Waals surface area contributed by atoms with Crippen LogP contribution in [-0.4, -0.2) is 22.8 Å². The molecule has 3 rings (SSSR count). The van der Waals surface area contributed by atoms with Gasteiger partial charge >= 0.3 is 0 Å². The number of aromatic nitrogens is 2. The lowest BCUT2D eigenvalue weighted by atomic mass is 10.2. The smallest absolute Gasteiger partial charge is 0.152 e. The van der Waals surface area contributed by atoms with Gasteiger partial charge in [0, 0.05) is 12.5 Å². The Morgan fingerprint density at radius 1 is 1.35 bits per heavy atom. The maximum atomic E-state index is 13.8. The van der Waals surface area contributed by atoms with Crippen molar-refractivity contribution in [1.29, 1.82) is 0 Å². The first-order valence-corrected chi connectivity index (χ1v) is 7.93. The van der Waals surface area contributed by atoms with E-state index in [1.54, 1.807) is 12.1 Å². The molecule has 1 aromatic heterocycles. The fourth-order valence-electron chi connectivity index (χ4n) is 1.99. The molecule has 1 aromatic carbocycles. The molecule has 3 nitrogen and oxygen atoms in total. The Morgan fingerprint density at radius 2 is 2.20 bits per heavy atom. The van der Waals surface area contributed by atoms with Gasteiger partial charge in [0.1, 0.15) is 10.8 Å². The first-order chi connectivity index (χ1) is 9.74. The molecule has 106 valence electrons. The summed E-state index contributed by atoms with van der Waals surface area (Å²) in [5.74, 6) is -0.351. The van der Waals surface area contributed by atoms with E-state index in [0.29, 0.717) is 15.6 Å². The van der Waals surface area contributed by atoms with Gasteiger partial charge in [-0.25, -0.2) is 4.39 Å². The van der Waals surface area contributed by atoms with Crippen LogP contribution in [0.5, 0.6) is 0 Å². The van der Waals surface area contributed by atoms with Crippen LogP contribution in [0.3, 0.4) is 0 Å². The van der Waals surface area contributed by atoms with E-state index in [2.05, 4.69) is 15.5 Å². The Hall–Kier alpha value is -1.04. The number of halogens is 2. The lowest BCUT2D eigenvalue weighted by Crippen LogP contribution is -2.17. The Kier molecular flexibility index (Phi) is 4.29. The maximum absolute atomic E-state index is 13.8. The quantitative estimate of drug-likeness (QED) is 0.827. The predicted octanol–water partition coefficient (Wildman–Crippen LogP) is 3.68. The van der Waals surface area contributed by atoms with Crippen molar-refractivity contribution in [3.8, 4) is 10.6 Å². The molecule has 0 radical (unpaired) electrons. The molecule has 0 amide bonds. The third-order valence-electron chi connectivity index (χ3n) is 3.22. The van der Waals surface area contributed by atoms with Crippen LogP contribution in [0.4, 0.5) is 4.39 Å². The summed E-state index contributed by atoms with van der Waals surface area (Å²) < 4.78 is 13.8. The number of rotatable bonds is 6. The second-order valence-corrected chi connectivity index (χ2v) is 6.40. The van der Waals surface area contributed by atoms with Crippen LogP contribution in [0.15, 0.2) is 18.2 Å². The summed E-state index contributed by atoms with van der Waals surface area (Å²) in [5.41, 5.74) is 0.356. The van der Waals surface area contributed by atoms with Gasteiger partial charge in [0.05, 0.1) is 10.6 Å². The van der Waals surface area contributed by atoms with Gasteiger partial charge in [0.2, 0.25) is 0 Å². The molecule has 20 heavy (non-hydrogen) atoms. The average molecular weight is 312 g/mol. The summed E-state index contributed by atoms with van der Waals surface area (Å²) in [6, 6.07) is 5.38. The molecule has 1 saturated carbocycles. The van der Waals surface area contributed by atoms with Gasteiger partial charge in [0.25, 0.3) is 0 Å². The van der Waals surface area contributed by atoms with Crippen molar-refractivity contribution in [3.05, 3.63) is 34.0 Å². The van der Waals surface area contributed by atoms with Crippen LogP contribution >= 0.6 is 22.9 Å². The van der Waals surface area contributed by atoms with E-state index in [9.17, 15) is 4.39 Å². The first kappa shape index (κ1) is 13.9. The molecule has 1 heterocycles. The maximum Gasteiger partial charge on any atom is 0.152 e. The highest BCUT2D eigenvalue weighted by Gasteiger charge is 2.19. The third-order valence-corrected chi connectivity index (χ3v) is 4.54. The largest absolute Gasteiger partial charge is 0.314 e. The number of benzene rings is 1. The van der Waals surface area contributed by atoms with E-state index in [1.165, 1.54) is 30.2 Å². The zero-order valence-corrected chi connectivity index (χ0v) is 12.5. The molecule has 0 atom stereocenters. The van der Waals surface area contributed by atoms with Gasteiger partial charge in [-0.15, -0.1) is 10.2 Å². The van der Waals surface area contributed by atoms with Crippen molar-refractivity contribution in [2.24, 2.45) is 0 Å². The molecule has 0 bridgehead atoms. The zero-order valence-electron chi connectivity index (χ0n) is 10.9. The molecule has 1 aliphatic rings. The minimum absolute atomic E-state index is 0.351. The summed E-state index contributed by atoms with van der Waals surface area (Å²) >= 11 is 7.45. The normalized spacial score (nSPS) is 14.7. The Labute approximate surface area is 126 Å². The van der Waals surface area contributed by atoms with Crippen molar-refractivity contribution in [2.75, 3.05) is 6.54 Å². The van der Waals surface area contributed by atoms with Crippen molar-refractivity contribution in [2.45, 2.75) is 31.7 Å². The summed E-state index contributed by atoms with van der Waals surface area (Å²) in [5, 5.41) is 13.5. The van der Waals surface area contributed by atoms with Gasteiger partial charge in [0.15, 0.2) is 5.01 Å². The van der Waals surface area contributed by atoms with E-state index < -0.39 is 0 Å². The van der Waals surface area contributed by atoms with Crippen molar-refractivity contribution < 1.29 is 4.39 Å². The molecule has 0 unspecified atom stereocenters. The standard InChI is InChI=1S/C14H15ClFN3S/c15-10-3-1-4-11(16)13(10)14-19-18-12(20-14)5-2-8-17-9-6-7-9/h1,3-4,9,17H,2,5-8H2. The second-order valence-electron chi connectivity index (χ2n) is 4.93. The molecule has 0 saturated heterocycles. The number of aryl methyl sites for hydroxylation is 1. The minimum Gasteiger partial charge on any atom is -0.314 e. The lowest BCUT2D eigenvalue weighted by Gasteiger charge is -2.00. The topological polar surface area (TPSA) is 37.8 Å². The van der Waals surface area contributed by atoms with Crippen LogP contribution in [-0.2, 0) is 6.42 Å². The van der Waals surface area contributed by atoms with E-state index in [0.717, 1.165) is 30.4 Å². The molecule has 0 aliphatic heterocycles. The second kappa shape index (κ2) is 6.16. The van der Waals surface area contributed by atoms with Gasteiger partial charge in [-0.2, -0.15) is 0 Å². The fourth-order valence-corrected chi connectivity index (χ4v) is 3.24. The van der Waals surface area contributed by atoms with Crippen LogP contribution < -0.4 is 5.32 Å². The van der Waals surface area contributed by atoms with E-state index >= 15 is 0 Å². The van der Waals surface area contributed by atoms with Crippen molar-refractivity contribution in [3.63, 3.8) is 0 Å². The zero-order chi connectivity index (χ0) is 13.9. The highest BCUT2D eigenvalue weighted by molar-refractivity contribution is 7.14. The molecule has 1 N–H and O–H groups in total. The Morgan fingerprint density at radius 3 is 2.95 bits per heavy atom. The molecule has 1 fully saturated rings. The third kappa shape index (κ3) is 3.34. The molecule has 6 heteroatoms. The fraction of sp³-hybridized carbons (Fsp3) is 0.429. The SMILES string of the molecule is Fc1cccc(Cl)c1-c1nnc(CCCNC2CC2)s1. The van der Waals surface area contributed by atoms with Gasteiger partial charge in [-0.05, 0) is 37.9 Å². The summed E-state index contributed by atoms with van der Waals surface area (Å²) in [7, 11) is 0. The van der Waals surface area contributed by atoms with Crippen LogP contribution in [0.2, 0.25) is 5.02 Å². The van der Waals surface area contributed by atoms with Gasteiger partial charge in [-0.3, -0.25) is 0 Å². The summed E-state index contributed by atoms with van der Waals surface area (Å²) in [6.45, 7) is 1.00. The minimum atomic E-state index is -0.351. The average Bonchev–Trinajstić information content (AvgIpc) is 3.13. The highest BCUT2D eigenvalue weighted by Crippen LogP contribution is 2.32. The molecular weight excluding hydrogens is 297 g/mol. The molecular formula is C14H15ClFN3S. The number of nitrogens with zero attached hydrogens (tertiary/aromatic N) is 2. The summed E-state index contributed by atoms with van der Waals surface area (Å²) in [6.07, 6.45) is 4.49. The van der Waals surface area contributed by atoms with E-state index in [-0.39, 0.29) is 5.82 Å². The Bertz CT molecular complexity index is 578. The molecule has 1 aliphatic carbocycles. The number of hydrogen-bond donors (Lipinski definition) is 1. The van der Waals surface area contributed by atoms with Gasteiger partial charge < -0.3 is 5.32 Å². The van der Waals surface area contributed by atoms with Crippen molar-refractivity contribution in [1.82, 2.24) is 15.5 Å². The number of nitrogens with one attached hydrogen (secondary N) is 1. The predicted molar refractivity (Wildman–Crippen MR) is 79.7 cm³/mol. The van der Waals surface area contributed by atoms with E-state index in [4.69, 9.17) is 11.6 Å².